The summed E-state index contributed by atoms with van der Waals surface area (Å²) in [5.41, 5.74) is 1.34. The van der Waals surface area contributed by atoms with Gasteiger partial charge in [-0.05, 0) is 42.5 Å². The first-order valence-corrected chi connectivity index (χ1v) is 8.31. The molecule has 0 spiro atoms. The van der Waals surface area contributed by atoms with Crippen molar-refractivity contribution in [1.82, 2.24) is 15.1 Å². The molecule has 3 aromatic rings. The molecular weight excluding hydrogens is 348 g/mol. The molecule has 2 aromatic heterocycles. The zero-order valence-corrected chi connectivity index (χ0v) is 14.6. The van der Waals surface area contributed by atoms with E-state index < -0.39 is 0 Å². The van der Waals surface area contributed by atoms with E-state index in [0.717, 1.165) is 0 Å². The van der Waals surface area contributed by atoms with Crippen LogP contribution in [0.25, 0.3) is 11.5 Å². The minimum absolute atomic E-state index is 0.179. The molecule has 0 aliphatic heterocycles. The average Bonchev–Trinajstić information content (AvgIpc) is 3.18. The Kier molecular flexibility index (Phi) is 5.46. The Bertz CT molecular complexity index is 991. The van der Waals surface area contributed by atoms with Crippen molar-refractivity contribution >= 4 is 17.5 Å². The Balaban J connectivity index is 1.59. The summed E-state index contributed by atoms with van der Waals surface area (Å²) in [6, 6.07) is 13.0. The van der Waals surface area contributed by atoms with Crippen molar-refractivity contribution in [3.63, 3.8) is 0 Å². The highest BCUT2D eigenvalue weighted by Gasteiger charge is 2.08. The van der Waals surface area contributed by atoms with Crippen LogP contribution in [0.2, 0.25) is 0 Å². The number of carbonyl (C=O) groups excluding carboxylic acids is 2. The normalized spacial score (nSPS) is 10.4. The molecule has 1 aromatic carbocycles. The van der Waals surface area contributed by atoms with E-state index in [2.05, 4.69) is 15.7 Å². The van der Waals surface area contributed by atoms with Crippen LogP contribution in [0.5, 0.6) is 0 Å². The summed E-state index contributed by atoms with van der Waals surface area (Å²) in [7, 11) is 0. The van der Waals surface area contributed by atoms with Gasteiger partial charge in [0, 0.05) is 30.8 Å². The summed E-state index contributed by atoms with van der Waals surface area (Å²) in [5, 5.41) is 9.62. The number of carbonyl (C=O) groups is 2. The van der Waals surface area contributed by atoms with Gasteiger partial charge in [0.05, 0.1) is 12.8 Å². The number of anilines is 1. The van der Waals surface area contributed by atoms with Crippen LogP contribution < -0.4 is 16.2 Å². The van der Waals surface area contributed by atoms with Crippen molar-refractivity contribution in [2.75, 3.05) is 11.9 Å². The van der Waals surface area contributed by atoms with Crippen molar-refractivity contribution in [3.8, 4) is 11.5 Å². The van der Waals surface area contributed by atoms with Crippen LogP contribution in [0.15, 0.2) is 64.0 Å². The third-order valence-electron chi connectivity index (χ3n) is 3.72. The molecule has 0 unspecified atom stereocenters. The van der Waals surface area contributed by atoms with E-state index in [1.54, 1.807) is 42.5 Å². The quantitative estimate of drug-likeness (QED) is 0.693. The molecule has 2 N–H and O–H groups in total. The summed E-state index contributed by atoms with van der Waals surface area (Å²) in [4.78, 5) is 35.1. The van der Waals surface area contributed by atoms with Crippen LogP contribution in [0.3, 0.4) is 0 Å². The fourth-order valence-electron chi connectivity index (χ4n) is 2.45. The second kappa shape index (κ2) is 8.13. The molecule has 27 heavy (non-hydrogen) atoms. The summed E-state index contributed by atoms with van der Waals surface area (Å²) in [5.74, 6) is 0.105. The average molecular weight is 366 g/mol. The molecule has 2 heterocycles. The highest BCUT2D eigenvalue weighted by molar-refractivity contribution is 5.95. The van der Waals surface area contributed by atoms with Gasteiger partial charge in [-0.2, -0.15) is 5.10 Å². The number of furan rings is 1. The monoisotopic (exact) mass is 366 g/mol. The van der Waals surface area contributed by atoms with Crippen LogP contribution >= 0.6 is 0 Å². The summed E-state index contributed by atoms with van der Waals surface area (Å²) < 4.78 is 6.55. The van der Waals surface area contributed by atoms with E-state index in [0.29, 0.717) is 22.7 Å². The van der Waals surface area contributed by atoms with E-state index in [9.17, 15) is 14.4 Å². The second-order valence-corrected chi connectivity index (χ2v) is 5.77. The van der Waals surface area contributed by atoms with Gasteiger partial charge in [0.25, 0.3) is 11.5 Å². The van der Waals surface area contributed by atoms with E-state index in [-0.39, 0.29) is 30.5 Å². The van der Waals surface area contributed by atoms with E-state index in [1.807, 2.05) is 0 Å². The number of rotatable bonds is 6. The fraction of sp³-hybridized carbons (Fsp3) is 0.158. The predicted molar refractivity (Wildman–Crippen MR) is 99.3 cm³/mol. The van der Waals surface area contributed by atoms with E-state index in [4.69, 9.17) is 4.42 Å². The first-order chi connectivity index (χ1) is 13.0. The summed E-state index contributed by atoms with van der Waals surface area (Å²) >= 11 is 0. The lowest BCUT2D eigenvalue weighted by Gasteiger charge is -2.08. The zero-order chi connectivity index (χ0) is 19.2. The standard InChI is InChI=1S/C19H18N4O4/c1-13(24)21-15-6-4-14(5-7-15)19(26)20-10-11-23-18(25)9-8-16(22-23)17-3-2-12-27-17/h2-9,12H,10-11H2,1H3,(H,20,26)(H,21,24). The molecule has 0 saturated heterocycles. The SMILES string of the molecule is CC(=O)Nc1ccc(C(=O)NCCn2nc(-c3ccco3)ccc2=O)cc1. The van der Waals surface area contributed by atoms with Crippen molar-refractivity contribution in [3.05, 3.63) is 70.7 Å². The van der Waals surface area contributed by atoms with Crippen LogP contribution in [-0.4, -0.2) is 28.1 Å². The lowest BCUT2D eigenvalue weighted by molar-refractivity contribution is -0.114. The maximum atomic E-state index is 12.2. The molecular formula is C19H18N4O4. The van der Waals surface area contributed by atoms with Gasteiger partial charge in [0.15, 0.2) is 5.76 Å². The highest BCUT2D eigenvalue weighted by Crippen LogP contribution is 2.15. The minimum Gasteiger partial charge on any atom is -0.463 e. The van der Waals surface area contributed by atoms with Gasteiger partial charge in [0.2, 0.25) is 5.91 Å². The number of aromatic nitrogens is 2. The highest BCUT2D eigenvalue weighted by atomic mass is 16.3. The number of hydrogen-bond donors (Lipinski definition) is 2. The smallest absolute Gasteiger partial charge is 0.266 e. The summed E-state index contributed by atoms with van der Waals surface area (Å²) in [6.45, 7) is 1.88. The Morgan fingerprint density at radius 2 is 1.89 bits per heavy atom. The van der Waals surface area contributed by atoms with E-state index in [1.165, 1.54) is 23.9 Å². The van der Waals surface area contributed by atoms with Crippen molar-refractivity contribution in [2.45, 2.75) is 13.5 Å². The first kappa shape index (κ1) is 18.1. The predicted octanol–water partition coefficient (Wildman–Crippen LogP) is 1.89. The Morgan fingerprint density at radius 3 is 2.56 bits per heavy atom. The van der Waals surface area contributed by atoms with Gasteiger partial charge in [-0.1, -0.05) is 0 Å². The first-order valence-electron chi connectivity index (χ1n) is 8.31. The van der Waals surface area contributed by atoms with Crippen LogP contribution in [0.1, 0.15) is 17.3 Å². The number of nitrogens with zero attached hydrogens (tertiary/aromatic N) is 2. The van der Waals surface area contributed by atoms with Crippen LogP contribution in [0.4, 0.5) is 5.69 Å². The van der Waals surface area contributed by atoms with Gasteiger partial charge in [-0.25, -0.2) is 4.68 Å². The topological polar surface area (TPSA) is 106 Å². The van der Waals surface area contributed by atoms with Crippen molar-refractivity contribution in [1.29, 1.82) is 0 Å². The van der Waals surface area contributed by atoms with Crippen LogP contribution in [-0.2, 0) is 11.3 Å². The molecule has 0 bridgehead atoms. The lowest BCUT2D eigenvalue weighted by Crippen LogP contribution is -2.31. The molecule has 3 rings (SSSR count). The number of nitrogens with one attached hydrogen (secondary N) is 2. The van der Waals surface area contributed by atoms with Gasteiger partial charge in [-0.3, -0.25) is 14.4 Å². The molecule has 0 radical (unpaired) electrons. The number of benzene rings is 1. The zero-order valence-electron chi connectivity index (χ0n) is 14.6. The maximum Gasteiger partial charge on any atom is 0.266 e. The molecule has 0 aliphatic carbocycles. The third kappa shape index (κ3) is 4.69. The minimum atomic E-state index is -0.278. The summed E-state index contributed by atoms with van der Waals surface area (Å²) in [6.07, 6.45) is 1.53. The molecule has 138 valence electrons. The Morgan fingerprint density at radius 1 is 1.11 bits per heavy atom. The largest absolute Gasteiger partial charge is 0.463 e. The van der Waals surface area contributed by atoms with Gasteiger partial charge < -0.3 is 15.1 Å². The van der Waals surface area contributed by atoms with Gasteiger partial charge in [-0.15, -0.1) is 0 Å². The Labute approximate surface area is 154 Å². The molecule has 0 aliphatic rings. The maximum absolute atomic E-state index is 12.2. The number of hydrogen-bond acceptors (Lipinski definition) is 5. The number of amides is 2. The third-order valence-corrected chi connectivity index (χ3v) is 3.72. The van der Waals surface area contributed by atoms with Crippen LogP contribution in [0, 0.1) is 0 Å². The molecule has 0 atom stereocenters. The molecule has 0 saturated carbocycles. The van der Waals surface area contributed by atoms with Crippen molar-refractivity contribution in [2.24, 2.45) is 0 Å². The molecule has 2 amide bonds. The molecule has 8 heteroatoms. The van der Waals surface area contributed by atoms with Gasteiger partial charge >= 0.3 is 0 Å². The molecule has 0 fully saturated rings. The van der Waals surface area contributed by atoms with Gasteiger partial charge in [0.1, 0.15) is 5.69 Å². The Hall–Kier alpha value is -3.68. The fourth-order valence-corrected chi connectivity index (χ4v) is 2.45. The molecule has 8 nitrogen and oxygen atoms in total. The van der Waals surface area contributed by atoms with Crippen molar-refractivity contribution < 1.29 is 14.0 Å². The second-order valence-electron chi connectivity index (χ2n) is 5.77. The lowest BCUT2D eigenvalue weighted by atomic mass is 10.2. The van der Waals surface area contributed by atoms with E-state index >= 15 is 0 Å².